The molecule has 1 unspecified atom stereocenters. The SMILES string of the molecule is CCn1nc(C)cc1CC(CCC(C)C)NC. The number of rotatable bonds is 7. The summed E-state index contributed by atoms with van der Waals surface area (Å²) in [5.74, 6) is 0.781. The predicted molar refractivity (Wildman–Crippen MR) is 73.3 cm³/mol. The molecule has 1 N–H and O–H groups in total. The second-order valence-electron chi connectivity index (χ2n) is 5.25. The average Bonchev–Trinajstić information content (AvgIpc) is 2.64. The molecule has 0 radical (unpaired) electrons. The van der Waals surface area contributed by atoms with E-state index in [1.165, 1.54) is 18.5 Å². The van der Waals surface area contributed by atoms with Crippen LogP contribution in [0.4, 0.5) is 0 Å². The number of hydrogen-bond acceptors (Lipinski definition) is 2. The summed E-state index contributed by atoms with van der Waals surface area (Å²) in [6.45, 7) is 9.75. The molecule has 0 bridgehead atoms. The zero-order valence-corrected chi connectivity index (χ0v) is 12.0. The number of likely N-dealkylation sites (N-methyl/N-ethyl adjacent to an activating group) is 1. The van der Waals surface area contributed by atoms with Gasteiger partial charge in [-0.15, -0.1) is 0 Å². The van der Waals surface area contributed by atoms with Gasteiger partial charge < -0.3 is 5.32 Å². The average molecular weight is 237 g/mol. The molecular formula is C14H27N3. The standard InChI is InChI=1S/C14H27N3/c1-6-17-14(9-12(4)16-17)10-13(15-5)8-7-11(2)3/h9,11,13,15H,6-8,10H2,1-5H3. The van der Waals surface area contributed by atoms with Crippen LogP contribution >= 0.6 is 0 Å². The number of nitrogens with one attached hydrogen (secondary N) is 1. The van der Waals surface area contributed by atoms with Gasteiger partial charge in [-0.3, -0.25) is 4.68 Å². The lowest BCUT2D eigenvalue weighted by Crippen LogP contribution is -2.29. The fraction of sp³-hybridized carbons (Fsp3) is 0.786. The van der Waals surface area contributed by atoms with Gasteiger partial charge in [0.05, 0.1) is 5.69 Å². The van der Waals surface area contributed by atoms with Gasteiger partial charge in [-0.25, -0.2) is 0 Å². The third-order valence-electron chi connectivity index (χ3n) is 3.24. The quantitative estimate of drug-likeness (QED) is 0.790. The topological polar surface area (TPSA) is 29.9 Å². The maximum Gasteiger partial charge on any atom is 0.0596 e. The smallest absolute Gasteiger partial charge is 0.0596 e. The second-order valence-corrected chi connectivity index (χ2v) is 5.25. The van der Waals surface area contributed by atoms with Gasteiger partial charge in [-0.05, 0) is 45.7 Å². The first-order valence-electron chi connectivity index (χ1n) is 6.77. The highest BCUT2D eigenvalue weighted by Gasteiger charge is 2.12. The summed E-state index contributed by atoms with van der Waals surface area (Å²) in [5, 5.41) is 7.93. The Bertz CT molecular complexity index is 328. The number of nitrogens with zero attached hydrogens (tertiary/aromatic N) is 2. The van der Waals surface area contributed by atoms with E-state index in [1.807, 2.05) is 0 Å². The van der Waals surface area contributed by atoms with E-state index >= 15 is 0 Å². The molecule has 1 aromatic rings. The van der Waals surface area contributed by atoms with Gasteiger partial charge in [0.25, 0.3) is 0 Å². The molecule has 3 nitrogen and oxygen atoms in total. The first-order valence-corrected chi connectivity index (χ1v) is 6.77. The Morgan fingerprint density at radius 1 is 1.35 bits per heavy atom. The summed E-state index contributed by atoms with van der Waals surface area (Å²) in [7, 11) is 2.06. The Morgan fingerprint density at radius 2 is 2.06 bits per heavy atom. The summed E-state index contributed by atoms with van der Waals surface area (Å²) in [5.41, 5.74) is 2.48. The van der Waals surface area contributed by atoms with Crippen LogP contribution in [0.25, 0.3) is 0 Å². The van der Waals surface area contributed by atoms with E-state index in [0.29, 0.717) is 6.04 Å². The minimum absolute atomic E-state index is 0.568. The van der Waals surface area contributed by atoms with Gasteiger partial charge in [0.2, 0.25) is 0 Å². The van der Waals surface area contributed by atoms with Crippen LogP contribution in [0.15, 0.2) is 6.07 Å². The third kappa shape index (κ3) is 4.50. The maximum absolute atomic E-state index is 4.50. The summed E-state index contributed by atoms with van der Waals surface area (Å²) in [6.07, 6.45) is 3.60. The highest BCUT2D eigenvalue weighted by Crippen LogP contribution is 2.12. The Hall–Kier alpha value is -0.830. The molecule has 17 heavy (non-hydrogen) atoms. The van der Waals surface area contributed by atoms with Crippen molar-refractivity contribution in [2.24, 2.45) is 5.92 Å². The minimum Gasteiger partial charge on any atom is -0.317 e. The van der Waals surface area contributed by atoms with Crippen LogP contribution in [-0.4, -0.2) is 22.9 Å². The van der Waals surface area contributed by atoms with Crippen molar-refractivity contribution in [3.05, 3.63) is 17.5 Å². The number of hydrogen-bond donors (Lipinski definition) is 1. The van der Waals surface area contributed by atoms with Gasteiger partial charge >= 0.3 is 0 Å². The zero-order chi connectivity index (χ0) is 12.8. The van der Waals surface area contributed by atoms with Crippen LogP contribution in [-0.2, 0) is 13.0 Å². The molecular weight excluding hydrogens is 210 g/mol. The molecule has 1 aromatic heterocycles. The molecule has 0 aromatic carbocycles. The van der Waals surface area contributed by atoms with Crippen molar-refractivity contribution in [1.82, 2.24) is 15.1 Å². The Balaban J connectivity index is 2.59. The van der Waals surface area contributed by atoms with Gasteiger partial charge in [0.1, 0.15) is 0 Å². The van der Waals surface area contributed by atoms with E-state index in [9.17, 15) is 0 Å². The zero-order valence-electron chi connectivity index (χ0n) is 12.0. The molecule has 0 saturated carbocycles. The van der Waals surface area contributed by atoms with Gasteiger partial charge in [0, 0.05) is 24.7 Å². The van der Waals surface area contributed by atoms with Crippen molar-refractivity contribution in [2.75, 3.05) is 7.05 Å². The van der Waals surface area contributed by atoms with E-state index in [2.05, 4.69) is 55.9 Å². The normalized spacial score (nSPS) is 13.3. The first kappa shape index (κ1) is 14.2. The lowest BCUT2D eigenvalue weighted by atomic mass is 10.00. The third-order valence-corrected chi connectivity index (χ3v) is 3.24. The van der Waals surface area contributed by atoms with Crippen molar-refractivity contribution in [2.45, 2.75) is 59.5 Å². The van der Waals surface area contributed by atoms with Gasteiger partial charge in [-0.2, -0.15) is 5.10 Å². The van der Waals surface area contributed by atoms with Crippen LogP contribution < -0.4 is 5.32 Å². The summed E-state index contributed by atoms with van der Waals surface area (Å²) >= 11 is 0. The second kappa shape index (κ2) is 6.80. The van der Waals surface area contributed by atoms with Crippen LogP contribution in [0.3, 0.4) is 0 Å². The van der Waals surface area contributed by atoms with E-state index < -0.39 is 0 Å². The number of aryl methyl sites for hydroxylation is 2. The van der Waals surface area contributed by atoms with Crippen molar-refractivity contribution >= 4 is 0 Å². The molecule has 3 heteroatoms. The Labute approximate surface area is 106 Å². The summed E-state index contributed by atoms with van der Waals surface area (Å²) < 4.78 is 2.12. The monoisotopic (exact) mass is 237 g/mol. The fourth-order valence-electron chi connectivity index (χ4n) is 2.17. The minimum atomic E-state index is 0.568. The molecule has 1 heterocycles. The van der Waals surface area contributed by atoms with Gasteiger partial charge in [0.15, 0.2) is 0 Å². The molecule has 1 atom stereocenters. The molecule has 98 valence electrons. The van der Waals surface area contributed by atoms with Crippen LogP contribution in [0.5, 0.6) is 0 Å². The Morgan fingerprint density at radius 3 is 2.59 bits per heavy atom. The molecule has 0 aliphatic rings. The highest BCUT2D eigenvalue weighted by molar-refractivity contribution is 5.10. The van der Waals surface area contributed by atoms with Gasteiger partial charge in [-0.1, -0.05) is 13.8 Å². The Kier molecular flexibility index (Phi) is 5.69. The molecule has 0 fully saturated rings. The van der Waals surface area contributed by atoms with E-state index in [4.69, 9.17) is 0 Å². The van der Waals surface area contributed by atoms with Crippen LogP contribution in [0.1, 0.15) is 45.0 Å². The van der Waals surface area contributed by atoms with Crippen LogP contribution in [0, 0.1) is 12.8 Å². The van der Waals surface area contributed by atoms with E-state index in [-0.39, 0.29) is 0 Å². The highest BCUT2D eigenvalue weighted by atomic mass is 15.3. The first-order chi connectivity index (χ1) is 8.06. The van der Waals surface area contributed by atoms with Crippen molar-refractivity contribution in [3.63, 3.8) is 0 Å². The molecule has 0 aliphatic heterocycles. The largest absolute Gasteiger partial charge is 0.317 e. The van der Waals surface area contributed by atoms with Crippen molar-refractivity contribution in [3.8, 4) is 0 Å². The van der Waals surface area contributed by atoms with Crippen molar-refractivity contribution < 1.29 is 0 Å². The summed E-state index contributed by atoms with van der Waals surface area (Å²) in [6, 6.07) is 2.78. The molecule has 0 amide bonds. The van der Waals surface area contributed by atoms with Crippen molar-refractivity contribution in [1.29, 1.82) is 0 Å². The summed E-state index contributed by atoms with van der Waals surface area (Å²) in [4.78, 5) is 0. The predicted octanol–water partition coefficient (Wildman–Crippen LogP) is 2.78. The fourth-order valence-corrected chi connectivity index (χ4v) is 2.17. The molecule has 0 saturated heterocycles. The lowest BCUT2D eigenvalue weighted by molar-refractivity contribution is 0.440. The lowest BCUT2D eigenvalue weighted by Gasteiger charge is -2.17. The number of aromatic nitrogens is 2. The van der Waals surface area contributed by atoms with E-state index in [1.54, 1.807) is 0 Å². The van der Waals surface area contributed by atoms with E-state index in [0.717, 1.165) is 24.6 Å². The maximum atomic E-state index is 4.50. The molecule has 0 spiro atoms. The molecule has 1 rings (SSSR count). The van der Waals surface area contributed by atoms with Crippen LogP contribution in [0.2, 0.25) is 0 Å². The molecule has 0 aliphatic carbocycles.